The van der Waals surface area contributed by atoms with Crippen molar-refractivity contribution in [3.63, 3.8) is 0 Å². The highest BCUT2D eigenvalue weighted by Gasteiger charge is 2.22. The van der Waals surface area contributed by atoms with Crippen LogP contribution in [0.1, 0.15) is 18.0 Å². The van der Waals surface area contributed by atoms with Crippen LogP contribution in [0.15, 0.2) is 40.9 Å². The van der Waals surface area contributed by atoms with Crippen LogP contribution in [0.25, 0.3) is 0 Å². The predicted octanol–water partition coefficient (Wildman–Crippen LogP) is 4.66. The highest BCUT2D eigenvalue weighted by molar-refractivity contribution is 9.10. The van der Waals surface area contributed by atoms with Crippen molar-refractivity contribution >= 4 is 21.6 Å². The Bertz CT molecular complexity index is 648. The molecule has 20 heavy (non-hydrogen) atoms. The molecule has 0 saturated heterocycles. The summed E-state index contributed by atoms with van der Waals surface area (Å²) in [6, 6.07) is 9.80. The van der Waals surface area contributed by atoms with Gasteiger partial charge < -0.3 is 10.1 Å². The Morgan fingerprint density at radius 2 is 1.95 bits per heavy atom. The molecule has 1 unspecified atom stereocenters. The Hall–Kier alpha value is -1.62. The van der Waals surface area contributed by atoms with Gasteiger partial charge in [0, 0.05) is 18.1 Å². The molecule has 1 aliphatic rings. The first-order valence-electron chi connectivity index (χ1n) is 6.28. The van der Waals surface area contributed by atoms with Gasteiger partial charge in [-0.15, -0.1) is 0 Å². The van der Waals surface area contributed by atoms with E-state index in [9.17, 15) is 8.78 Å². The van der Waals surface area contributed by atoms with Crippen LogP contribution in [0.3, 0.4) is 0 Å². The van der Waals surface area contributed by atoms with Crippen LogP contribution in [0, 0.1) is 11.6 Å². The fraction of sp³-hybridized carbons (Fsp3) is 0.200. The zero-order valence-corrected chi connectivity index (χ0v) is 12.1. The SMILES string of the molecule is Fc1cc(NC2CCOc3ccccc32)c(F)cc1Br. The molecule has 1 heterocycles. The smallest absolute Gasteiger partial charge is 0.147 e. The van der Waals surface area contributed by atoms with Crippen LogP contribution < -0.4 is 10.1 Å². The summed E-state index contributed by atoms with van der Waals surface area (Å²) < 4.78 is 33.1. The molecule has 0 spiro atoms. The fourth-order valence-corrected chi connectivity index (χ4v) is 2.63. The number of fused-ring (bicyclic) bond motifs is 1. The molecule has 0 aliphatic carbocycles. The van der Waals surface area contributed by atoms with Crippen molar-refractivity contribution in [2.24, 2.45) is 0 Å². The Kier molecular flexibility index (Phi) is 3.61. The maximum Gasteiger partial charge on any atom is 0.147 e. The Morgan fingerprint density at radius 3 is 2.80 bits per heavy atom. The number of anilines is 1. The molecule has 0 bridgehead atoms. The molecule has 1 aliphatic heterocycles. The number of para-hydroxylation sites is 1. The fourth-order valence-electron chi connectivity index (χ4n) is 2.31. The lowest BCUT2D eigenvalue weighted by Crippen LogP contribution is -2.20. The first-order valence-corrected chi connectivity index (χ1v) is 7.07. The van der Waals surface area contributed by atoms with Gasteiger partial charge in [-0.05, 0) is 28.1 Å². The number of hydrogen-bond donors (Lipinski definition) is 1. The number of ether oxygens (including phenoxy) is 1. The molecule has 2 aromatic carbocycles. The second-order valence-corrected chi connectivity index (χ2v) is 5.47. The lowest BCUT2D eigenvalue weighted by molar-refractivity contribution is 0.274. The zero-order chi connectivity index (χ0) is 14.1. The number of hydrogen-bond acceptors (Lipinski definition) is 2. The van der Waals surface area contributed by atoms with E-state index in [-0.39, 0.29) is 16.2 Å². The molecular weight excluding hydrogens is 328 g/mol. The van der Waals surface area contributed by atoms with E-state index in [2.05, 4.69) is 21.2 Å². The summed E-state index contributed by atoms with van der Waals surface area (Å²) in [5, 5.41) is 3.06. The minimum absolute atomic E-state index is 0.0879. The molecule has 1 N–H and O–H groups in total. The second-order valence-electron chi connectivity index (χ2n) is 4.62. The van der Waals surface area contributed by atoms with Gasteiger partial charge in [-0.3, -0.25) is 0 Å². The van der Waals surface area contributed by atoms with Crippen LogP contribution in [-0.4, -0.2) is 6.61 Å². The van der Waals surface area contributed by atoms with Gasteiger partial charge in [0.05, 0.1) is 22.8 Å². The van der Waals surface area contributed by atoms with Gasteiger partial charge >= 0.3 is 0 Å². The van der Waals surface area contributed by atoms with Crippen LogP contribution in [0.5, 0.6) is 5.75 Å². The predicted molar refractivity (Wildman–Crippen MR) is 77.0 cm³/mol. The summed E-state index contributed by atoms with van der Waals surface area (Å²) in [6.07, 6.45) is 0.703. The standard InChI is InChI=1S/C15H12BrF2NO/c16-10-7-12(18)14(8-11(10)17)19-13-5-6-20-15-4-2-1-3-9(13)15/h1-4,7-8,13,19H,5-6H2. The molecule has 0 amide bonds. The van der Waals surface area contributed by atoms with Gasteiger partial charge in [-0.25, -0.2) is 8.78 Å². The van der Waals surface area contributed by atoms with Gasteiger partial charge in [0.15, 0.2) is 0 Å². The first-order chi connectivity index (χ1) is 9.65. The summed E-state index contributed by atoms with van der Waals surface area (Å²) >= 11 is 2.97. The van der Waals surface area contributed by atoms with E-state index in [1.807, 2.05) is 24.3 Å². The van der Waals surface area contributed by atoms with Gasteiger partial charge in [0.25, 0.3) is 0 Å². The largest absolute Gasteiger partial charge is 0.493 e. The molecule has 2 nitrogen and oxygen atoms in total. The average molecular weight is 340 g/mol. The minimum Gasteiger partial charge on any atom is -0.493 e. The van der Waals surface area contributed by atoms with Crippen molar-refractivity contribution in [2.45, 2.75) is 12.5 Å². The van der Waals surface area contributed by atoms with E-state index in [4.69, 9.17) is 4.74 Å². The van der Waals surface area contributed by atoms with Gasteiger partial charge in [-0.1, -0.05) is 18.2 Å². The van der Waals surface area contributed by atoms with E-state index in [1.165, 1.54) is 0 Å². The summed E-state index contributed by atoms with van der Waals surface area (Å²) in [4.78, 5) is 0. The molecule has 104 valence electrons. The zero-order valence-electron chi connectivity index (χ0n) is 10.5. The molecule has 1 atom stereocenters. The molecule has 0 radical (unpaired) electrons. The Balaban J connectivity index is 1.91. The van der Waals surface area contributed by atoms with Gasteiger partial charge in [-0.2, -0.15) is 0 Å². The summed E-state index contributed by atoms with van der Waals surface area (Å²) in [7, 11) is 0. The third-order valence-electron chi connectivity index (χ3n) is 3.30. The van der Waals surface area contributed by atoms with Crippen LogP contribution >= 0.6 is 15.9 Å². The lowest BCUT2D eigenvalue weighted by atomic mass is 10.0. The maximum absolute atomic E-state index is 13.9. The minimum atomic E-state index is -0.491. The van der Waals surface area contributed by atoms with Gasteiger partial charge in [0.1, 0.15) is 17.4 Å². The number of halogens is 3. The molecule has 5 heteroatoms. The second kappa shape index (κ2) is 5.40. The Morgan fingerprint density at radius 1 is 1.15 bits per heavy atom. The monoisotopic (exact) mass is 339 g/mol. The van der Waals surface area contributed by atoms with Crippen molar-refractivity contribution in [3.8, 4) is 5.75 Å². The van der Waals surface area contributed by atoms with Gasteiger partial charge in [0.2, 0.25) is 0 Å². The summed E-state index contributed by atoms with van der Waals surface area (Å²) in [6.45, 7) is 0.551. The van der Waals surface area contributed by atoms with Crippen LogP contribution in [-0.2, 0) is 0 Å². The third-order valence-corrected chi connectivity index (χ3v) is 3.91. The number of nitrogens with one attached hydrogen (secondary N) is 1. The molecule has 3 rings (SSSR count). The van der Waals surface area contributed by atoms with Crippen molar-refractivity contribution < 1.29 is 13.5 Å². The molecule has 0 aromatic heterocycles. The van der Waals surface area contributed by atoms with Crippen molar-refractivity contribution in [3.05, 3.63) is 58.1 Å². The first kappa shape index (κ1) is 13.4. The molecular formula is C15H12BrF2NO. The van der Waals surface area contributed by atoms with Crippen molar-refractivity contribution in [1.82, 2.24) is 0 Å². The summed E-state index contributed by atoms with van der Waals surface area (Å²) in [5.41, 5.74) is 1.12. The quantitative estimate of drug-likeness (QED) is 0.803. The lowest BCUT2D eigenvalue weighted by Gasteiger charge is -2.27. The third kappa shape index (κ3) is 2.50. The van der Waals surface area contributed by atoms with E-state index >= 15 is 0 Å². The Labute approximate surface area is 123 Å². The van der Waals surface area contributed by atoms with E-state index in [0.717, 1.165) is 23.4 Å². The number of benzene rings is 2. The number of rotatable bonds is 2. The van der Waals surface area contributed by atoms with E-state index in [1.54, 1.807) is 0 Å². The van der Waals surface area contributed by atoms with E-state index < -0.39 is 11.6 Å². The highest BCUT2D eigenvalue weighted by Crippen LogP contribution is 2.35. The summed E-state index contributed by atoms with van der Waals surface area (Å²) in [5.74, 6) is -0.189. The van der Waals surface area contributed by atoms with Crippen molar-refractivity contribution in [2.75, 3.05) is 11.9 Å². The molecule has 0 fully saturated rings. The molecule has 0 saturated carbocycles. The van der Waals surface area contributed by atoms with Crippen LogP contribution in [0.4, 0.5) is 14.5 Å². The highest BCUT2D eigenvalue weighted by atomic mass is 79.9. The normalized spacial score (nSPS) is 17.2. The average Bonchev–Trinajstić information content (AvgIpc) is 2.45. The van der Waals surface area contributed by atoms with E-state index in [0.29, 0.717) is 13.0 Å². The maximum atomic E-state index is 13.9. The topological polar surface area (TPSA) is 21.3 Å². The molecule has 2 aromatic rings. The van der Waals surface area contributed by atoms with Crippen molar-refractivity contribution in [1.29, 1.82) is 0 Å². The van der Waals surface area contributed by atoms with Crippen LogP contribution in [0.2, 0.25) is 0 Å².